The molecule has 0 aliphatic heterocycles. The van der Waals surface area contributed by atoms with Crippen LogP contribution >= 0.6 is 0 Å². The molecule has 1 aromatic rings. The van der Waals surface area contributed by atoms with Crippen LogP contribution in [-0.4, -0.2) is 18.3 Å². The van der Waals surface area contributed by atoms with E-state index >= 15 is 0 Å². The molecule has 0 aliphatic carbocycles. The van der Waals surface area contributed by atoms with Crippen molar-refractivity contribution in [1.29, 1.82) is 0 Å². The van der Waals surface area contributed by atoms with Crippen molar-refractivity contribution in [2.75, 3.05) is 18.5 Å². The predicted octanol–water partition coefficient (Wildman–Crippen LogP) is 2.54. The van der Waals surface area contributed by atoms with E-state index in [-0.39, 0.29) is 12.3 Å². The molecule has 0 heterocycles. The summed E-state index contributed by atoms with van der Waals surface area (Å²) >= 11 is 0. The highest BCUT2D eigenvalue weighted by molar-refractivity contribution is 5.45. The molecular weight excluding hydrogens is 200 g/mol. The third-order valence-electron chi connectivity index (χ3n) is 2.10. The van der Waals surface area contributed by atoms with Crippen molar-refractivity contribution < 1.29 is 13.9 Å². The van der Waals surface area contributed by atoms with Crippen LogP contribution in [0.5, 0.6) is 0 Å². The van der Waals surface area contributed by atoms with Gasteiger partial charge in [0, 0.05) is 13.2 Å². The lowest BCUT2D eigenvalue weighted by Crippen LogP contribution is -2.05. The summed E-state index contributed by atoms with van der Waals surface area (Å²) in [7, 11) is 0. The molecule has 15 heavy (non-hydrogen) atoms. The van der Waals surface area contributed by atoms with Gasteiger partial charge in [0.05, 0.1) is 0 Å². The van der Waals surface area contributed by atoms with Crippen LogP contribution in [0.1, 0.15) is 19.3 Å². The molecule has 0 fully saturated rings. The Labute approximate surface area is 87.9 Å². The molecule has 4 heteroatoms. The summed E-state index contributed by atoms with van der Waals surface area (Å²) in [5.41, 5.74) is -0.0681. The average molecular weight is 215 g/mol. The Kier molecular flexibility index (Phi) is 5.04. The van der Waals surface area contributed by atoms with Crippen molar-refractivity contribution in [3.63, 3.8) is 0 Å². The fourth-order valence-corrected chi connectivity index (χ4v) is 1.29. The number of para-hydroxylation sites is 1. The zero-order valence-electron chi connectivity index (χ0n) is 8.47. The summed E-state index contributed by atoms with van der Waals surface area (Å²) in [6.07, 6.45) is 2.36. The van der Waals surface area contributed by atoms with Crippen LogP contribution in [0.25, 0.3) is 0 Å². The van der Waals surface area contributed by atoms with Crippen LogP contribution in [0.15, 0.2) is 18.2 Å². The Hall–Kier alpha value is -1.16. The van der Waals surface area contributed by atoms with Gasteiger partial charge >= 0.3 is 0 Å². The number of hydrogen-bond acceptors (Lipinski definition) is 2. The van der Waals surface area contributed by atoms with Gasteiger partial charge in [0.2, 0.25) is 0 Å². The second-order valence-corrected chi connectivity index (χ2v) is 3.31. The minimum absolute atomic E-state index is 0.0681. The Morgan fingerprint density at radius 3 is 2.33 bits per heavy atom. The quantitative estimate of drug-likeness (QED) is 0.715. The van der Waals surface area contributed by atoms with E-state index in [9.17, 15) is 8.78 Å². The largest absolute Gasteiger partial charge is 0.396 e. The lowest BCUT2D eigenvalue weighted by atomic mass is 10.2. The first-order chi connectivity index (χ1) is 7.25. The van der Waals surface area contributed by atoms with Gasteiger partial charge in [-0.15, -0.1) is 0 Å². The van der Waals surface area contributed by atoms with Crippen LogP contribution in [0.4, 0.5) is 14.5 Å². The lowest BCUT2D eigenvalue weighted by molar-refractivity contribution is 0.283. The van der Waals surface area contributed by atoms with Crippen LogP contribution in [0.2, 0.25) is 0 Å². The minimum atomic E-state index is -0.572. The van der Waals surface area contributed by atoms with E-state index in [2.05, 4.69) is 5.32 Å². The number of unbranched alkanes of at least 4 members (excludes halogenated alkanes) is 2. The van der Waals surface area contributed by atoms with Crippen LogP contribution in [-0.2, 0) is 0 Å². The minimum Gasteiger partial charge on any atom is -0.396 e. The van der Waals surface area contributed by atoms with E-state index in [1.807, 2.05) is 0 Å². The third kappa shape index (κ3) is 3.83. The summed E-state index contributed by atoms with van der Waals surface area (Å²) < 4.78 is 26.2. The summed E-state index contributed by atoms with van der Waals surface area (Å²) in [4.78, 5) is 0. The third-order valence-corrected chi connectivity index (χ3v) is 2.10. The Balaban J connectivity index is 2.37. The summed E-state index contributed by atoms with van der Waals surface area (Å²) in [5.74, 6) is -1.14. The first-order valence-electron chi connectivity index (χ1n) is 5.04. The molecule has 84 valence electrons. The molecule has 0 saturated carbocycles. The van der Waals surface area contributed by atoms with E-state index in [1.54, 1.807) is 0 Å². The maximum Gasteiger partial charge on any atom is 0.149 e. The number of anilines is 1. The molecule has 0 amide bonds. The van der Waals surface area contributed by atoms with Gasteiger partial charge in [-0.3, -0.25) is 0 Å². The van der Waals surface area contributed by atoms with Crippen molar-refractivity contribution in [2.45, 2.75) is 19.3 Å². The smallest absolute Gasteiger partial charge is 0.149 e. The fourth-order valence-electron chi connectivity index (χ4n) is 1.29. The molecular formula is C11H15F2NO. The van der Waals surface area contributed by atoms with Crippen LogP contribution < -0.4 is 5.32 Å². The van der Waals surface area contributed by atoms with Crippen molar-refractivity contribution in [1.82, 2.24) is 0 Å². The second kappa shape index (κ2) is 6.35. The first-order valence-corrected chi connectivity index (χ1v) is 5.04. The molecule has 0 bridgehead atoms. The number of benzene rings is 1. The number of hydrogen-bond donors (Lipinski definition) is 2. The Morgan fingerprint density at radius 2 is 1.73 bits per heavy atom. The van der Waals surface area contributed by atoms with Crippen molar-refractivity contribution in [2.24, 2.45) is 0 Å². The number of aliphatic hydroxyl groups is 1. The highest BCUT2D eigenvalue weighted by atomic mass is 19.1. The second-order valence-electron chi connectivity index (χ2n) is 3.31. The van der Waals surface area contributed by atoms with Gasteiger partial charge in [-0.1, -0.05) is 6.07 Å². The van der Waals surface area contributed by atoms with E-state index in [1.165, 1.54) is 18.2 Å². The molecule has 2 nitrogen and oxygen atoms in total. The predicted molar refractivity (Wildman–Crippen MR) is 55.8 cm³/mol. The van der Waals surface area contributed by atoms with Gasteiger partial charge in [-0.25, -0.2) is 8.78 Å². The van der Waals surface area contributed by atoms with E-state index in [0.717, 1.165) is 19.3 Å². The maximum atomic E-state index is 13.1. The molecule has 0 spiro atoms. The maximum absolute atomic E-state index is 13.1. The van der Waals surface area contributed by atoms with Gasteiger partial charge in [0.1, 0.15) is 17.3 Å². The van der Waals surface area contributed by atoms with Crippen molar-refractivity contribution in [3.05, 3.63) is 29.8 Å². The van der Waals surface area contributed by atoms with Crippen molar-refractivity contribution >= 4 is 5.69 Å². The molecule has 0 radical (unpaired) electrons. The van der Waals surface area contributed by atoms with Gasteiger partial charge in [0.25, 0.3) is 0 Å². The SMILES string of the molecule is OCCCCCNc1c(F)cccc1F. The van der Waals surface area contributed by atoms with Gasteiger partial charge in [-0.05, 0) is 31.4 Å². The van der Waals surface area contributed by atoms with E-state index in [4.69, 9.17) is 5.11 Å². The lowest BCUT2D eigenvalue weighted by Gasteiger charge is -2.07. The molecule has 0 unspecified atom stereocenters. The number of rotatable bonds is 6. The topological polar surface area (TPSA) is 32.3 Å². The van der Waals surface area contributed by atoms with Crippen molar-refractivity contribution in [3.8, 4) is 0 Å². The van der Waals surface area contributed by atoms with E-state index in [0.29, 0.717) is 6.54 Å². The highest BCUT2D eigenvalue weighted by Crippen LogP contribution is 2.17. The fraction of sp³-hybridized carbons (Fsp3) is 0.455. The summed E-state index contributed by atoms with van der Waals surface area (Å²) in [6, 6.07) is 3.78. The normalized spacial score (nSPS) is 10.3. The number of aliphatic hydroxyl groups excluding tert-OH is 1. The number of halogens is 2. The standard InChI is InChI=1S/C11H15F2NO/c12-9-5-4-6-10(13)11(9)14-7-2-1-3-8-15/h4-6,14-15H,1-3,7-8H2. The zero-order valence-corrected chi connectivity index (χ0v) is 8.47. The monoisotopic (exact) mass is 215 g/mol. The molecule has 0 saturated heterocycles. The molecule has 0 aliphatic rings. The highest BCUT2D eigenvalue weighted by Gasteiger charge is 2.06. The van der Waals surface area contributed by atoms with E-state index < -0.39 is 11.6 Å². The first kappa shape index (κ1) is 11.9. The molecule has 0 atom stereocenters. The summed E-state index contributed by atoms with van der Waals surface area (Å²) in [5, 5.41) is 11.2. The zero-order chi connectivity index (χ0) is 11.1. The Morgan fingerprint density at radius 1 is 1.07 bits per heavy atom. The molecule has 1 aromatic carbocycles. The molecule has 1 rings (SSSR count). The van der Waals surface area contributed by atoms with Gasteiger partial charge < -0.3 is 10.4 Å². The van der Waals surface area contributed by atoms with Gasteiger partial charge in [0.15, 0.2) is 0 Å². The van der Waals surface area contributed by atoms with Crippen LogP contribution in [0.3, 0.4) is 0 Å². The number of nitrogens with one attached hydrogen (secondary N) is 1. The van der Waals surface area contributed by atoms with Gasteiger partial charge in [-0.2, -0.15) is 0 Å². The summed E-state index contributed by atoms with van der Waals surface area (Å²) in [6.45, 7) is 0.673. The average Bonchev–Trinajstić information content (AvgIpc) is 2.21. The van der Waals surface area contributed by atoms with Crippen LogP contribution in [0, 0.1) is 11.6 Å². The Bertz CT molecular complexity index is 284. The molecule has 2 N–H and O–H groups in total. The molecule has 0 aromatic heterocycles.